The molecule has 0 aliphatic carbocycles. The van der Waals surface area contributed by atoms with Crippen molar-refractivity contribution in [1.82, 2.24) is 0 Å². The van der Waals surface area contributed by atoms with E-state index < -0.39 is 18.4 Å². The monoisotopic (exact) mass is 340 g/mol. The molecule has 0 spiro atoms. The SMILES string of the molecule is Cc1cccc(OP(=O)(C[C@@H](C)C(=O)OC(C)C)C(C)(C)C)c1. The van der Waals surface area contributed by atoms with Crippen molar-refractivity contribution in [2.45, 2.75) is 59.7 Å². The first-order valence-corrected chi connectivity index (χ1v) is 9.81. The molecular weight excluding hydrogens is 311 g/mol. The van der Waals surface area contributed by atoms with Crippen LogP contribution >= 0.6 is 7.37 Å². The molecule has 2 atom stereocenters. The Bertz CT molecular complexity index is 587. The standard InChI is InChI=1S/C18H29O4P/c1-13(2)21-17(19)15(4)12-23(20,18(5,6)7)22-16-10-8-9-14(3)11-16/h8-11,13,15H,12H2,1-7H3/t15-,23?/m1/s1. The van der Waals surface area contributed by atoms with Gasteiger partial charge < -0.3 is 9.26 Å². The van der Waals surface area contributed by atoms with Gasteiger partial charge in [0.15, 0.2) is 0 Å². The van der Waals surface area contributed by atoms with Crippen LogP contribution in [0.3, 0.4) is 0 Å². The van der Waals surface area contributed by atoms with Gasteiger partial charge in [0.05, 0.1) is 12.0 Å². The molecule has 1 aromatic rings. The average Bonchev–Trinajstić information content (AvgIpc) is 2.36. The van der Waals surface area contributed by atoms with E-state index in [4.69, 9.17) is 9.26 Å². The summed E-state index contributed by atoms with van der Waals surface area (Å²) >= 11 is 0. The van der Waals surface area contributed by atoms with Crippen LogP contribution in [0.4, 0.5) is 0 Å². The summed E-state index contributed by atoms with van der Waals surface area (Å²) in [5, 5.41) is -0.566. The number of carbonyl (C=O) groups is 1. The van der Waals surface area contributed by atoms with Crippen molar-refractivity contribution in [3.05, 3.63) is 29.8 Å². The minimum absolute atomic E-state index is 0.163. The lowest BCUT2D eigenvalue weighted by atomic mass is 10.2. The summed E-state index contributed by atoms with van der Waals surface area (Å²) in [7, 11) is -3.10. The van der Waals surface area contributed by atoms with Crippen LogP contribution in [0.1, 0.15) is 47.1 Å². The second kappa shape index (κ2) is 7.53. The zero-order valence-electron chi connectivity index (χ0n) is 15.3. The first-order valence-electron chi connectivity index (χ1n) is 8.00. The van der Waals surface area contributed by atoms with Crippen LogP contribution in [0.2, 0.25) is 0 Å². The maximum absolute atomic E-state index is 13.5. The summed E-state index contributed by atoms with van der Waals surface area (Å²) in [6, 6.07) is 7.48. The lowest BCUT2D eigenvalue weighted by Crippen LogP contribution is -2.28. The third-order valence-electron chi connectivity index (χ3n) is 3.53. The molecule has 0 aromatic heterocycles. The van der Waals surface area contributed by atoms with Gasteiger partial charge in [0.1, 0.15) is 5.75 Å². The molecule has 1 aromatic carbocycles. The van der Waals surface area contributed by atoms with Crippen LogP contribution in [0.15, 0.2) is 24.3 Å². The molecule has 0 saturated heterocycles. The smallest absolute Gasteiger partial charge is 0.309 e. The van der Waals surface area contributed by atoms with Crippen LogP contribution in [0, 0.1) is 12.8 Å². The van der Waals surface area contributed by atoms with E-state index in [1.807, 2.05) is 45.9 Å². The fourth-order valence-electron chi connectivity index (χ4n) is 2.07. The molecule has 1 unspecified atom stereocenters. The summed E-state index contributed by atoms with van der Waals surface area (Å²) < 4.78 is 24.6. The number of hydrogen-bond donors (Lipinski definition) is 0. The number of hydrogen-bond acceptors (Lipinski definition) is 4. The predicted octanol–water partition coefficient (Wildman–Crippen LogP) is 5.04. The molecule has 5 heteroatoms. The van der Waals surface area contributed by atoms with Crippen molar-refractivity contribution in [3.63, 3.8) is 0 Å². The van der Waals surface area contributed by atoms with Crippen molar-refractivity contribution in [3.8, 4) is 5.75 Å². The van der Waals surface area contributed by atoms with Crippen LogP contribution in [-0.2, 0) is 14.1 Å². The summed E-state index contributed by atoms with van der Waals surface area (Å²) in [6.07, 6.45) is -0.0210. The molecule has 0 bridgehead atoms. The van der Waals surface area contributed by atoms with Gasteiger partial charge in [-0.15, -0.1) is 0 Å². The molecule has 0 fully saturated rings. The van der Waals surface area contributed by atoms with E-state index in [1.54, 1.807) is 26.8 Å². The number of carbonyl (C=O) groups excluding carboxylic acids is 1. The second-order valence-corrected chi connectivity index (χ2v) is 10.6. The van der Waals surface area contributed by atoms with Gasteiger partial charge in [-0.05, 0) is 38.5 Å². The fraction of sp³-hybridized carbons (Fsp3) is 0.611. The maximum atomic E-state index is 13.5. The quantitative estimate of drug-likeness (QED) is 0.538. The minimum atomic E-state index is -3.10. The van der Waals surface area contributed by atoms with E-state index >= 15 is 0 Å². The first-order chi connectivity index (χ1) is 10.4. The van der Waals surface area contributed by atoms with Gasteiger partial charge >= 0.3 is 5.97 Å². The normalized spacial score (nSPS) is 15.8. The molecule has 0 amide bonds. The number of rotatable bonds is 6. The molecule has 0 heterocycles. The summed E-state index contributed by atoms with van der Waals surface area (Å²) in [5.74, 6) is -0.239. The van der Waals surface area contributed by atoms with Gasteiger partial charge in [-0.25, -0.2) is 0 Å². The van der Waals surface area contributed by atoms with E-state index in [9.17, 15) is 9.36 Å². The average molecular weight is 340 g/mol. The lowest BCUT2D eigenvalue weighted by molar-refractivity contribution is -0.151. The Morgan fingerprint density at radius 1 is 1.22 bits per heavy atom. The number of aryl methyl sites for hydroxylation is 1. The van der Waals surface area contributed by atoms with Gasteiger partial charge in [-0.3, -0.25) is 9.36 Å². The van der Waals surface area contributed by atoms with Gasteiger partial charge in [0.25, 0.3) is 7.37 Å². The molecule has 0 aliphatic rings. The Kier molecular flexibility index (Phi) is 6.47. The molecule has 4 nitrogen and oxygen atoms in total. The Morgan fingerprint density at radius 2 is 1.83 bits per heavy atom. The highest BCUT2D eigenvalue weighted by Crippen LogP contribution is 2.59. The Hall–Kier alpha value is -1.28. The molecule has 1 rings (SSSR count). The third-order valence-corrected chi connectivity index (χ3v) is 7.11. The fourth-order valence-corrected chi connectivity index (χ4v) is 4.29. The summed E-state index contributed by atoms with van der Waals surface area (Å²) in [6.45, 7) is 12.9. The Morgan fingerprint density at radius 3 is 2.30 bits per heavy atom. The predicted molar refractivity (Wildman–Crippen MR) is 94.4 cm³/mol. The highest BCUT2D eigenvalue weighted by atomic mass is 31.2. The minimum Gasteiger partial charge on any atom is -0.463 e. The number of benzene rings is 1. The first kappa shape index (κ1) is 19.8. The van der Waals surface area contributed by atoms with E-state index in [0.29, 0.717) is 5.75 Å². The molecule has 0 radical (unpaired) electrons. The van der Waals surface area contributed by atoms with Crippen molar-refractivity contribution in [2.24, 2.45) is 5.92 Å². The molecule has 0 aliphatic heterocycles. The number of esters is 1. The van der Waals surface area contributed by atoms with Gasteiger partial charge in [0.2, 0.25) is 0 Å². The summed E-state index contributed by atoms with van der Waals surface area (Å²) in [5.41, 5.74) is 1.04. The maximum Gasteiger partial charge on any atom is 0.309 e. The third kappa shape index (κ3) is 5.69. The molecule has 0 N–H and O–H groups in total. The van der Waals surface area contributed by atoms with Crippen LogP contribution in [0.5, 0.6) is 5.75 Å². The van der Waals surface area contributed by atoms with Crippen LogP contribution in [-0.4, -0.2) is 23.4 Å². The summed E-state index contributed by atoms with van der Waals surface area (Å²) in [4.78, 5) is 12.1. The van der Waals surface area contributed by atoms with Crippen molar-refractivity contribution >= 4 is 13.3 Å². The topological polar surface area (TPSA) is 52.6 Å². The molecule has 23 heavy (non-hydrogen) atoms. The van der Waals surface area contributed by atoms with Gasteiger partial charge in [-0.1, -0.05) is 39.8 Å². The zero-order chi connectivity index (χ0) is 17.8. The zero-order valence-corrected chi connectivity index (χ0v) is 16.1. The van der Waals surface area contributed by atoms with E-state index in [1.165, 1.54) is 0 Å². The molecule has 0 saturated carbocycles. The van der Waals surface area contributed by atoms with E-state index in [0.717, 1.165) is 5.56 Å². The second-order valence-electron chi connectivity index (χ2n) is 7.32. The largest absolute Gasteiger partial charge is 0.463 e. The van der Waals surface area contributed by atoms with E-state index in [2.05, 4.69) is 0 Å². The molecule has 130 valence electrons. The van der Waals surface area contributed by atoms with Crippen molar-refractivity contribution < 1.29 is 18.6 Å². The Balaban J connectivity index is 3.00. The highest BCUT2D eigenvalue weighted by Gasteiger charge is 2.42. The highest BCUT2D eigenvalue weighted by molar-refractivity contribution is 7.61. The van der Waals surface area contributed by atoms with Crippen LogP contribution < -0.4 is 4.52 Å². The van der Waals surface area contributed by atoms with Crippen molar-refractivity contribution in [2.75, 3.05) is 6.16 Å². The lowest BCUT2D eigenvalue weighted by Gasteiger charge is -2.32. The van der Waals surface area contributed by atoms with E-state index in [-0.39, 0.29) is 18.2 Å². The Labute approximate surface area is 140 Å². The van der Waals surface area contributed by atoms with Crippen LogP contribution in [0.25, 0.3) is 0 Å². The molecular formula is C18H29O4P. The van der Waals surface area contributed by atoms with Gasteiger partial charge in [-0.2, -0.15) is 0 Å². The van der Waals surface area contributed by atoms with Crippen molar-refractivity contribution in [1.29, 1.82) is 0 Å². The van der Waals surface area contributed by atoms with Gasteiger partial charge in [0, 0.05) is 11.3 Å². The number of ether oxygens (including phenoxy) is 1.